The predicted molar refractivity (Wildman–Crippen MR) is 66.6 cm³/mol. The molecule has 2 fully saturated rings. The summed E-state index contributed by atoms with van der Waals surface area (Å²) >= 11 is 0. The van der Waals surface area contributed by atoms with Crippen LogP contribution in [0.15, 0.2) is 0 Å². The van der Waals surface area contributed by atoms with E-state index in [9.17, 15) is 5.11 Å². The SMILES string of the molecule is CC1CN(C)CCCN1CC1(O)CCCC1. The Bertz CT molecular complexity index is 226. The summed E-state index contributed by atoms with van der Waals surface area (Å²) in [4.78, 5) is 4.90. The maximum absolute atomic E-state index is 10.5. The average molecular weight is 226 g/mol. The number of hydrogen-bond donors (Lipinski definition) is 1. The molecule has 0 amide bonds. The number of rotatable bonds is 2. The molecule has 0 aromatic heterocycles. The molecule has 0 aromatic carbocycles. The van der Waals surface area contributed by atoms with E-state index < -0.39 is 0 Å². The van der Waals surface area contributed by atoms with Crippen LogP contribution in [0.5, 0.6) is 0 Å². The fourth-order valence-electron chi connectivity index (χ4n) is 3.23. The molecule has 1 saturated heterocycles. The second kappa shape index (κ2) is 5.03. The van der Waals surface area contributed by atoms with E-state index in [1.54, 1.807) is 0 Å². The largest absolute Gasteiger partial charge is 0.389 e. The van der Waals surface area contributed by atoms with Gasteiger partial charge in [-0.25, -0.2) is 0 Å². The smallest absolute Gasteiger partial charge is 0.0774 e. The van der Waals surface area contributed by atoms with Gasteiger partial charge in [0.1, 0.15) is 0 Å². The van der Waals surface area contributed by atoms with Crippen molar-refractivity contribution in [1.82, 2.24) is 9.80 Å². The predicted octanol–water partition coefficient (Wildman–Crippen LogP) is 1.32. The normalized spacial score (nSPS) is 32.8. The molecule has 1 unspecified atom stereocenters. The van der Waals surface area contributed by atoms with Crippen LogP contribution in [0.2, 0.25) is 0 Å². The highest BCUT2D eigenvalue weighted by Gasteiger charge is 2.34. The number of hydrogen-bond acceptors (Lipinski definition) is 3. The molecule has 3 nitrogen and oxygen atoms in total. The van der Waals surface area contributed by atoms with Crippen LogP contribution in [0.1, 0.15) is 39.0 Å². The topological polar surface area (TPSA) is 26.7 Å². The highest BCUT2D eigenvalue weighted by Crippen LogP contribution is 2.31. The zero-order valence-electron chi connectivity index (χ0n) is 10.8. The lowest BCUT2D eigenvalue weighted by molar-refractivity contribution is -0.000417. The standard InChI is InChI=1S/C13H26N2O/c1-12-10-14(2)8-5-9-15(12)11-13(16)6-3-4-7-13/h12,16H,3-11H2,1-2H3. The monoisotopic (exact) mass is 226 g/mol. The highest BCUT2D eigenvalue weighted by molar-refractivity contribution is 4.89. The zero-order chi connectivity index (χ0) is 11.6. The molecule has 1 saturated carbocycles. The third-order valence-electron chi connectivity index (χ3n) is 4.22. The second-order valence-corrected chi connectivity index (χ2v) is 5.87. The fraction of sp³-hybridized carbons (Fsp3) is 1.00. The van der Waals surface area contributed by atoms with E-state index in [0.717, 1.165) is 32.5 Å². The van der Waals surface area contributed by atoms with Crippen molar-refractivity contribution in [2.24, 2.45) is 0 Å². The first-order valence-electron chi connectivity index (χ1n) is 6.74. The van der Waals surface area contributed by atoms with Crippen molar-refractivity contribution in [3.05, 3.63) is 0 Å². The van der Waals surface area contributed by atoms with E-state index in [1.165, 1.54) is 25.8 Å². The minimum Gasteiger partial charge on any atom is -0.389 e. The Hall–Kier alpha value is -0.120. The molecule has 2 aliphatic rings. The Morgan fingerprint density at radius 2 is 1.88 bits per heavy atom. The summed E-state index contributed by atoms with van der Waals surface area (Å²) in [6.07, 6.45) is 5.66. The van der Waals surface area contributed by atoms with Gasteiger partial charge in [0.2, 0.25) is 0 Å². The summed E-state index contributed by atoms with van der Waals surface area (Å²) in [7, 11) is 2.20. The molecule has 1 atom stereocenters. The van der Waals surface area contributed by atoms with Crippen LogP contribution in [0.4, 0.5) is 0 Å². The van der Waals surface area contributed by atoms with Crippen molar-refractivity contribution in [3.63, 3.8) is 0 Å². The summed E-state index contributed by atoms with van der Waals surface area (Å²) in [5, 5.41) is 10.5. The number of aliphatic hydroxyl groups is 1. The molecule has 0 radical (unpaired) electrons. The quantitative estimate of drug-likeness (QED) is 0.769. The minimum absolute atomic E-state index is 0.378. The summed E-state index contributed by atoms with van der Waals surface area (Å²) in [5.41, 5.74) is -0.378. The van der Waals surface area contributed by atoms with Crippen molar-refractivity contribution in [2.45, 2.75) is 50.7 Å². The molecule has 3 heteroatoms. The molecular formula is C13H26N2O. The summed E-state index contributed by atoms with van der Waals surface area (Å²) in [6, 6.07) is 0.581. The Balaban J connectivity index is 1.92. The number of likely N-dealkylation sites (N-methyl/N-ethyl adjacent to an activating group) is 1. The molecule has 1 heterocycles. The molecule has 2 rings (SSSR count). The van der Waals surface area contributed by atoms with Gasteiger partial charge < -0.3 is 10.0 Å². The number of nitrogens with zero attached hydrogens (tertiary/aromatic N) is 2. The molecule has 0 bridgehead atoms. The van der Waals surface area contributed by atoms with Crippen molar-refractivity contribution < 1.29 is 5.11 Å². The maximum atomic E-state index is 10.5. The van der Waals surface area contributed by atoms with Crippen molar-refractivity contribution >= 4 is 0 Å². The molecule has 1 N–H and O–H groups in total. The van der Waals surface area contributed by atoms with Crippen LogP contribution in [-0.2, 0) is 0 Å². The Morgan fingerprint density at radius 1 is 1.19 bits per heavy atom. The Kier molecular flexibility index (Phi) is 3.88. The summed E-state index contributed by atoms with van der Waals surface area (Å²) in [5.74, 6) is 0. The molecular weight excluding hydrogens is 200 g/mol. The van der Waals surface area contributed by atoms with Crippen LogP contribution in [0, 0.1) is 0 Å². The van der Waals surface area contributed by atoms with Gasteiger partial charge in [-0.3, -0.25) is 4.90 Å². The van der Waals surface area contributed by atoms with E-state index in [1.807, 2.05) is 0 Å². The highest BCUT2D eigenvalue weighted by atomic mass is 16.3. The third kappa shape index (κ3) is 2.96. The van der Waals surface area contributed by atoms with E-state index >= 15 is 0 Å². The van der Waals surface area contributed by atoms with Crippen molar-refractivity contribution in [2.75, 3.05) is 33.2 Å². The molecule has 1 aliphatic heterocycles. The van der Waals surface area contributed by atoms with Gasteiger partial charge in [-0.1, -0.05) is 12.8 Å². The third-order valence-corrected chi connectivity index (χ3v) is 4.22. The van der Waals surface area contributed by atoms with Crippen molar-refractivity contribution in [1.29, 1.82) is 0 Å². The van der Waals surface area contributed by atoms with Gasteiger partial charge in [-0.15, -0.1) is 0 Å². The summed E-state index contributed by atoms with van der Waals surface area (Å²) < 4.78 is 0. The average Bonchev–Trinajstić information content (AvgIpc) is 2.57. The van der Waals surface area contributed by atoms with Gasteiger partial charge >= 0.3 is 0 Å². The Morgan fingerprint density at radius 3 is 2.56 bits per heavy atom. The van der Waals surface area contributed by atoms with Crippen LogP contribution >= 0.6 is 0 Å². The van der Waals surface area contributed by atoms with Crippen LogP contribution in [0.3, 0.4) is 0 Å². The van der Waals surface area contributed by atoms with Gasteiger partial charge in [0.25, 0.3) is 0 Å². The lowest BCUT2D eigenvalue weighted by Crippen LogP contribution is -2.47. The molecule has 16 heavy (non-hydrogen) atoms. The van der Waals surface area contributed by atoms with Gasteiger partial charge in [0, 0.05) is 19.1 Å². The van der Waals surface area contributed by atoms with E-state index in [-0.39, 0.29) is 5.60 Å². The minimum atomic E-state index is -0.378. The van der Waals surface area contributed by atoms with Gasteiger partial charge in [0.05, 0.1) is 5.60 Å². The van der Waals surface area contributed by atoms with Gasteiger partial charge in [0.15, 0.2) is 0 Å². The van der Waals surface area contributed by atoms with E-state index in [0.29, 0.717) is 6.04 Å². The van der Waals surface area contributed by atoms with Crippen LogP contribution in [0.25, 0.3) is 0 Å². The van der Waals surface area contributed by atoms with E-state index in [2.05, 4.69) is 23.8 Å². The fourth-order valence-corrected chi connectivity index (χ4v) is 3.23. The van der Waals surface area contributed by atoms with Crippen LogP contribution < -0.4 is 0 Å². The molecule has 0 aromatic rings. The van der Waals surface area contributed by atoms with Crippen LogP contribution in [-0.4, -0.2) is 59.8 Å². The first-order valence-corrected chi connectivity index (χ1v) is 6.74. The first kappa shape index (κ1) is 12.3. The maximum Gasteiger partial charge on any atom is 0.0774 e. The molecule has 0 spiro atoms. The van der Waals surface area contributed by atoms with Crippen molar-refractivity contribution in [3.8, 4) is 0 Å². The second-order valence-electron chi connectivity index (χ2n) is 5.87. The number of β-amino-alcohol motifs (C(OH)–C–C–N with tert-alkyl or cyclic N) is 1. The molecule has 1 aliphatic carbocycles. The Labute approximate surface area is 99.4 Å². The lowest BCUT2D eigenvalue weighted by atomic mass is 10.0. The summed E-state index contributed by atoms with van der Waals surface area (Å²) in [6.45, 7) is 6.66. The lowest BCUT2D eigenvalue weighted by Gasteiger charge is -2.34. The first-order chi connectivity index (χ1) is 7.59. The zero-order valence-corrected chi connectivity index (χ0v) is 10.8. The van der Waals surface area contributed by atoms with Gasteiger partial charge in [-0.05, 0) is 46.3 Å². The van der Waals surface area contributed by atoms with E-state index in [4.69, 9.17) is 0 Å². The van der Waals surface area contributed by atoms with Gasteiger partial charge in [-0.2, -0.15) is 0 Å². The molecule has 94 valence electrons.